The summed E-state index contributed by atoms with van der Waals surface area (Å²) < 4.78 is 11.4. The molecule has 1 atom stereocenters. The summed E-state index contributed by atoms with van der Waals surface area (Å²) in [5.41, 5.74) is 3.01. The molecule has 0 aliphatic carbocycles. The van der Waals surface area contributed by atoms with E-state index in [0.29, 0.717) is 12.1 Å². The maximum Gasteiger partial charge on any atom is 0.295 e. The van der Waals surface area contributed by atoms with Gasteiger partial charge in [-0.1, -0.05) is 42.5 Å². The lowest BCUT2D eigenvalue weighted by Crippen LogP contribution is -2.48. The fraction of sp³-hybridized carbons (Fsp3) is 0.316. The van der Waals surface area contributed by atoms with Crippen molar-refractivity contribution >= 4 is 17.1 Å². The van der Waals surface area contributed by atoms with Crippen LogP contribution in [0.3, 0.4) is 0 Å². The molecule has 0 saturated carbocycles. The minimum atomic E-state index is 0.300. The normalized spacial score (nSPS) is 18.8. The molecule has 1 unspecified atom stereocenters. The average molecular weight is 323 g/mol. The number of benzene rings is 2. The number of hydrogen-bond donors (Lipinski definition) is 1. The molecule has 1 aromatic heterocycles. The number of anilines is 1. The molecule has 0 radical (unpaired) electrons. The predicted octanol–water partition coefficient (Wildman–Crippen LogP) is 3.14. The second-order valence-electron chi connectivity index (χ2n) is 6.05. The van der Waals surface area contributed by atoms with Crippen LogP contribution in [0.15, 0.2) is 59.0 Å². The van der Waals surface area contributed by atoms with Crippen molar-refractivity contribution in [3.8, 4) is 0 Å². The first kappa shape index (κ1) is 15.2. The first-order chi connectivity index (χ1) is 11.9. The van der Waals surface area contributed by atoms with Crippen LogP contribution in [0.1, 0.15) is 5.56 Å². The number of para-hydroxylation sites is 2. The van der Waals surface area contributed by atoms with E-state index in [1.54, 1.807) is 0 Å². The van der Waals surface area contributed by atoms with Crippen LogP contribution >= 0.6 is 0 Å². The Morgan fingerprint density at radius 3 is 2.79 bits per heavy atom. The quantitative estimate of drug-likeness (QED) is 0.782. The fourth-order valence-corrected chi connectivity index (χ4v) is 3.06. The Kier molecular flexibility index (Phi) is 4.44. The Labute approximate surface area is 141 Å². The maximum absolute atomic E-state index is 5.73. The van der Waals surface area contributed by atoms with Crippen LogP contribution in [0.5, 0.6) is 0 Å². The van der Waals surface area contributed by atoms with Crippen molar-refractivity contribution in [1.29, 1.82) is 0 Å². The number of nitrogens with one attached hydrogen (secondary N) is 1. The summed E-state index contributed by atoms with van der Waals surface area (Å²) in [6, 6.07) is 19.2. The second kappa shape index (κ2) is 7.03. The van der Waals surface area contributed by atoms with Crippen LogP contribution < -0.4 is 5.32 Å². The highest BCUT2D eigenvalue weighted by Gasteiger charge is 2.23. The van der Waals surface area contributed by atoms with Gasteiger partial charge in [-0.3, -0.25) is 4.90 Å². The first-order valence-corrected chi connectivity index (χ1v) is 8.34. The van der Waals surface area contributed by atoms with Gasteiger partial charge in [-0.25, -0.2) is 0 Å². The number of hydrogen-bond acceptors (Lipinski definition) is 5. The van der Waals surface area contributed by atoms with Crippen molar-refractivity contribution < 1.29 is 9.15 Å². The van der Waals surface area contributed by atoms with Crippen LogP contribution in [0, 0.1) is 0 Å². The zero-order valence-corrected chi connectivity index (χ0v) is 13.5. The summed E-state index contributed by atoms with van der Waals surface area (Å²) in [4.78, 5) is 6.92. The van der Waals surface area contributed by atoms with E-state index in [9.17, 15) is 0 Å². The molecule has 4 rings (SSSR count). The summed E-state index contributed by atoms with van der Waals surface area (Å²) in [5, 5.41) is 3.32. The van der Waals surface area contributed by atoms with Crippen molar-refractivity contribution in [1.82, 2.24) is 9.88 Å². The maximum atomic E-state index is 5.73. The van der Waals surface area contributed by atoms with E-state index in [1.807, 2.05) is 24.3 Å². The molecule has 124 valence electrons. The smallest absolute Gasteiger partial charge is 0.295 e. The third-order valence-electron chi connectivity index (χ3n) is 4.36. The molecule has 0 spiro atoms. The zero-order chi connectivity index (χ0) is 16.2. The molecular formula is C19H21N3O2. The molecule has 1 saturated heterocycles. The van der Waals surface area contributed by atoms with Gasteiger partial charge >= 0.3 is 0 Å². The highest BCUT2D eigenvalue weighted by atomic mass is 16.5. The van der Waals surface area contributed by atoms with E-state index >= 15 is 0 Å². The first-order valence-electron chi connectivity index (χ1n) is 8.34. The van der Waals surface area contributed by atoms with E-state index in [4.69, 9.17) is 9.15 Å². The van der Waals surface area contributed by atoms with Gasteiger partial charge in [0.1, 0.15) is 5.52 Å². The number of morpholine rings is 1. The molecule has 3 aromatic rings. The van der Waals surface area contributed by atoms with Crippen molar-refractivity contribution in [3.05, 3.63) is 60.2 Å². The average Bonchev–Trinajstić information content (AvgIpc) is 3.05. The number of ether oxygens (including phenoxy) is 1. The largest absolute Gasteiger partial charge is 0.424 e. The summed E-state index contributed by atoms with van der Waals surface area (Å²) in [7, 11) is 0. The summed E-state index contributed by atoms with van der Waals surface area (Å²) >= 11 is 0. The van der Waals surface area contributed by atoms with Gasteiger partial charge in [0.05, 0.1) is 19.3 Å². The predicted molar refractivity (Wildman–Crippen MR) is 94.0 cm³/mol. The monoisotopic (exact) mass is 323 g/mol. The van der Waals surface area contributed by atoms with Crippen molar-refractivity contribution in [2.24, 2.45) is 0 Å². The number of rotatable bonds is 5. The lowest BCUT2D eigenvalue weighted by Gasteiger charge is -2.35. The summed E-state index contributed by atoms with van der Waals surface area (Å²) in [6.07, 6.45) is 0. The third-order valence-corrected chi connectivity index (χ3v) is 4.36. The minimum absolute atomic E-state index is 0.300. The van der Waals surface area contributed by atoms with Gasteiger partial charge < -0.3 is 14.5 Å². The number of aromatic nitrogens is 1. The molecule has 2 aromatic carbocycles. The standard InChI is InChI=1S/C19H21N3O2/c1-2-6-15(7-3-1)13-22-10-11-23-14-16(22)12-20-19-21-17-8-4-5-9-18(17)24-19/h1-9,16H,10-14H2,(H,20,21). The lowest BCUT2D eigenvalue weighted by molar-refractivity contribution is -0.00658. The summed E-state index contributed by atoms with van der Waals surface area (Å²) in [6.45, 7) is 4.13. The van der Waals surface area contributed by atoms with Crippen molar-refractivity contribution in [2.75, 3.05) is 31.6 Å². The summed E-state index contributed by atoms with van der Waals surface area (Å²) in [5.74, 6) is 0. The van der Waals surface area contributed by atoms with Gasteiger partial charge in [0.2, 0.25) is 0 Å². The molecule has 1 aliphatic heterocycles. The number of oxazole rings is 1. The molecular weight excluding hydrogens is 302 g/mol. The highest BCUT2D eigenvalue weighted by Crippen LogP contribution is 2.19. The number of nitrogens with zero attached hydrogens (tertiary/aromatic N) is 2. The zero-order valence-electron chi connectivity index (χ0n) is 13.5. The van der Waals surface area contributed by atoms with E-state index < -0.39 is 0 Å². The molecule has 5 nitrogen and oxygen atoms in total. The van der Waals surface area contributed by atoms with E-state index in [2.05, 4.69) is 45.5 Å². The molecule has 1 fully saturated rings. The van der Waals surface area contributed by atoms with Crippen LogP contribution in [0.25, 0.3) is 11.1 Å². The Hall–Kier alpha value is -2.37. The van der Waals surface area contributed by atoms with Gasteiger partial charge in [-0.05, 0) is 17.7 Å². The SMILES string of the molecule is c1ccc(CN2CCOCC2CNc2nc3ccccc3o2)cc1. The van der Waals surface area contributed by atoms with Crippen LogP contribution in [-0.4, -0.2) is 42.2 Å². The lowest BCUT2D eigenvalue weighted by atomic mass is 10.1. The molecule has 0 amide bonds. The Morgan fingerprint density at radius 2 is 1.92 bits per heavy atom. The van der Waals surface area contributed by atoms with Gasteiger partial charge in [-0.2, -0.15) is 4.98 Å². The van der Waals surface area contributed by atoms with E-state index in [-0.39, 0.29) is 0 Å². The molecule has 1 N–H and O–H groups in total. The third kappa shape index (κ3) is 3.42. The fourth-order valence-electron chi connectivity index (χ4n) is 3.06. The Balaban J connectivity index is 1.41. The second-order valence-corrected chi connectivity index (χ2v) is 6.05. The molecule has 24 heavy (non-hydrogen) atoms. The van der Waals surface area contributed by atoms with Gasteiger partial charge in [0, 0.05) is 19.6 Å². The van der Waals surface area contributed by atoms with Crippen LogP contribution in [-0.2, 0) is 11.3 Å². The van der Waals surface area contributed by atoms with Gasteiger partial charge in [0.25, 0.3) is 6.01 Å². The molecule has 1 aliphatic rings. The molecule has 5 heteroatoms. The minimum Gasteiger partial charge on any atom is -0.424 e. The van der Waals surface area contributed by atoms with Crippen molar-refractivity contribution in [3.63, 3.8) is 0 Å². The molecule has 2 heterocycles. The van der Waals surface area contributed by atoms with E-state index in [1.165, 1.54) is 5.56 Å². The number of fused-ring (bicyclic) bond motifs is 1. The van der Waals surface area contributed by atoms with E-state index in [0.717, 1.165) is 43.9 Å². The Bertz CT molecular complexity index is 754. The van der Waals surface area contributed by atoms with Crippen LogP contribution in [0.4, 0.5) is 6.01 Å². The topological polar surface area (TPSA) is 50.5 Å². The van der Waals surface area contributed by atoms with Gasteiger partial charge in [0.15, 0.2) is 5.58 Å². The molecule has 0 bridgehead atoms. The van der Waals surface area contributed by atoms with Crippen LogP contribution in [0.2, 0.25) is 0 Å². The van der Waals surface area contributed by atoms with Gasteiger partial charge in [-0.15, -0.1) is 0 Å². The highest BCUT2D eigenvalue weighted by molar-refractivity contribution is 5.74. The Morgan fingerprint density at radius 1 is 1.08 bits per heavy atom. The van der Waals surface area contributed by atoms with Crippen molar-refractivity contribution in [2.45, 2.75) is 12.6 Å².